The fourth-order valence-corrected chi connectivity index (χ4v) is 4.26. The highest BCUT2D eigenvalue weighted by Gasteiger charge is 2.39. The van der Waals surface area contributed by atoms with E-state index < -0.39 is 36.2 Å². The quantitative estimate of drug-likeness (QED) is 0.104. The lowest BCUT2D eigenvalue weighted by Crippen LogP contribution is -2.21. The van der Waals surface area contributed by atoms with Gasteiger partial charge in [-0.15, -0.1) is 0 Å². The highest BCUT2D eigenvalue weighted by Crippen LogP contribution is 2.34. The van der Waals surface area contributed by atoms with Gasteiger partial charge in [-0.05, 0) is 66.8 Å². The number of rotatable bonds is 8. The number of halogens is 7. The number of benzene rings is 2. The summed E-state index contributed by atoms with van der Waals surface area (Å²) >= 11 is 0. The molecule has 5 rings (SSSR count). The lowest BCUT2D eigenvalue weighted by molar-refractivity contribution is -0.193. The maximum absolute atomic E-state index is 15.8. The van der Waals surface area contributed by atoms with E-state index in [4.69, 9.17) is 30.3 Å². The number of ether oxygens (including phenoxy) is 1. The number of hydrogen-bond donors (Lipinski definition) is 5. The van der Waals surface area contributed by atoms with Crippen LogP contribution in [0.4, 0.5) is 42.2 Å². The first kappa shape index (κ1) is 38.5. The third kappa shape index (κ3) is 10.3. The average molecular weight is 711 g/mol. The lowest BCUT2D eigenvalue weighted by atomic mass is 9.99. The molecule has 50 heavy (non-hydrogen) atoms. The number of carboxylic acid groups (broad SMARTS) is 2. The molecule has 0 bridgehead atoms. The Hall–Kier alpha value is -5.94. The van der Waals surface area contributed by atoms with Crippen LogP contribution in [0.3, 0.4) is 0 Å². The summed E-state index contributed by atoms with van der Waals surface area (Å²) in [6.07, 6.45) is -2.55. The third-order valence-corrected chi connectivity index (χ3v) is 6.58. The van der Waals surface area contributed by atoms with Crippen molar-refractivity contribution in [2.24, 2.45) is 0 Å². The fourth-order valence-electron chi connectivity index (χ4n) is 4.26. The standard InChI is InChI=1S/C28H27FN6O.2C2HF3O2/c1-3-17-12-22(25(29)24(13-17)36-4-2)26(28-33-16-23(35-28)19-6-5-10-31-15-19)34-20-7-8-21-18(14-20)9-11-32-27(21)30;2*3-2(4,5)1(6)7/h5-16,26,34H,3-4H2,1-2H3,(H2,30,32)(H,33,35);2*(H,6,7). The normalized spacial score (nSPS) is 11.8. The van der Waals surface area contributed by atoms with Crippen molar-refractivity contribution in [2.75, 3.05) is 17.7 Å². The van der Waals surface area contributed by atoms with Gasteiger partial charge in [0, 0.05) is 40.8 Å². The minimum Gasteiger partial charge on any atom is -0.491 e. The number of nitrogen functional groups attached to an aromatic ring is 1. The first-order valence-corrected chi connectivity index (χ1v) is 14.4. The topological polar surface area (TPSA) is 176 Å². The van der Waals surface area contributed by atoms with Crippen LogP contribution in [0.5, 0.6) is 5.75 Å². The summed E-state index contributed by atoms with van der Waals surface area (Å²) < 4.78 is 84.9. The Balaban J connectivity index is 0.000000408. The number of H-pyrrole nitrogens is 1. The van der Waals surface area contributed by atoms with Gasteiger partial charge in [0.15, 0.2) is 11.6 Å². The van der Waals surface area contributed by atoms with Crippen LogP contribution in [-0.2, 0) is 16.0 Å². The lowest BCUT2D eigenvalue weighted by Gasteiger charge is -2.22. The summed E-state index contributed by atoms with van der Waals surface area (Å²) in [5, 5.41) is 19.5. The number of aryl methyl sites for hydroxylation is 1. The Morgan fingerprint density at radius 2 is 1.60 bits per heavy atom. The molecule has 3 aromatic heterocycles. The minimum absolute atomic E-state index is 0.232. The van der Waals surface area contributed by atoms with E-state index in [1.54, 1.807) is 30.9 Å². The first-order chi connectivity index (χ1) is 23.5. The number of alkyl halides is 6. The van der Waals surface area contributed by atoms with Crippen LogP contribution >= 0.6 is 0 Å². The average Bonchev–Trinajstić information content (AvgIpc) is 3.55. The summed E-state index contributed by atoms with van der Waals surface area (Å²) in [7, 11) is 0. The molecule has 2 aromatic carbocycles. The monoisotopic (exact) mass is 710 g/mol. The van der Waals surface area contributed by atoms with Crippen molar-refractivity contribution in [1.29, 1.82) is 0 Å². The molecular weight excluding hydrogens is 681 g/mol. The number of aromatic amines is 1. The van der Waals surface area contributed by atoms with Gasteiger partial charge in [-0.25, -0.2) is 23.9 Å². The Bertz CT molecular complexity index is 1890. The van der Waals surface area contributed by atoms with Crippen LogP contribution < -0.4 is 15.8 Å². The fraction of sp³-hybridized carbons (Fsp3) is 0.219. The van der Waals surface area contributed by atoms with Crippen LogP contribution in [0.2, 0.25) is 0 Å². The van der Waals surface area contributed by atoms with E-state index in [1.807, 2.05) is 56.3 Å². The minimum atomic E-state index is -5.08. The van der Waals surface area contributed by atoms with Crippen molar-refractivity contribution in [2.45, 2.75) is 38.7 Å². The van der Waals surface area contributed by atoms with Gasteiger partial charge in [0.1, 0.15) is 17.7 Å². The van der Waals surface area contributed by atoms with Crippen LogP contribution in [0, 0.1) is 5.82 Å². The predicted molar refractivity (Wildman–Crippen MR) is 168 cm³/mol. The van der Waals surface area contributed by atoms with Crippen molar-refractivity contribution in [3.8, 4) is 17.0 Å². The van der Waals surface area contributed by atoms with Crippen LogP contribution in [0.25, 0.3) is 22.0 Å². The van der Waals surface area contributed by atoms with Crippen LogP contribution in [0.15, 0.2) is 73.3 Å². The molecule has 1 unspecified atom stereocenters. The van der Waals surface area contributed by atoms with Crippen molar-refractivity contribution in [3.05, 3.63) is 96.1 Å². The molecule has 0 aliphatic rings. The Morgan fingerprint density at radius 1 is 0.940 bits per heavy atom. The van der Waals surface area contributed by atoms with Gasteiger partial charge in [-0.1, -0.05) is 13.0 Å². The van der Waals surface area contributed by atoms with Crippen molar-refractivity contribution in [1.82, 2.24) is 19.9 Å². The van der Waals surface area contributed by atoms with Crippen LogP contribution in [0.1, 0.15) is 36.8 Å². The van der Waals surface area contributed by atoms with E-state index in [1.165, 1.54) is 0 Å². The number of fused-ring (bicyclic) bond motifs is 1. The molecule has 0 saturated heterocycles. The molecule has 3 heterocycles. The maximum atomic E-state index is 15.8. The molecule has 6 N–H and O–H groups in total. The number of hydrogen-bond acceptors (Lipinski definition) is 8. The molecule has 266 valence electrons. The molecule has 0 spiro atoms. The Morgan fingerprint density at radius 3 is 2.16 bits per heavy atom. The van der Waals surface area contributed by atoms with Gasteiger partial charge < -0.3 is 31.0 Å². The number of nitrogens with one attached hydrogen (secondary N) is 2. The maximum Gasteiger partial charge on any atom is 0.490 e. The second-order valence-corrected chi connectivity index (χ2v) is 10.0. The summed E-state index contributed by atoms with van der Waals surface area (Å²) in [6.45, 7) is 4.24. The number of imidazole rings is 1. The van der Waals surface area contributed by atoms with E-state index >= 15 is 4.39 Å². The molecule has 0 aliphatic carbocycles. The molecule has 0 amide bonds. The number of nitrogens with two attached hydrogens (primary N) is 1. The predicted octanol–water partition coefficient (Wildman–Crippen LogP) is 7.17. The summed E-state index contributed by atoms with van der Waals surface area (Å²) in [5.41, 5.74) is 9.91. The molecule has 0 saturated carbocycles. The highest BCUT2D eigenvalue weighted by molar-refractivity contribution is 5.93. The molecular formula is C32H29F7N6O5. The number of carbonyl (C=O) groups is 2. The molecule has 0 aliphatic heterocycles. The molecule has 0 fully saturated rings. The number of anilines is 2. The van der Waals surface area contributed by atoms with Crippen molar-refractivity contribution in [3.63, 3.8) is 0 Å². The second kappa shape index (κ2) is 16.4. The van der Waals surface area contributed by atoms with Crippen molar-refractivity contribution >= 4 is 34.2 Å². The second-order valence-electron chi connectivity index (χ2n) is 10.0. The van der Waals surface area contributed by atoms with E-state index in [0.29, 0.717) is 23.8 Å². The van der Waals surface area contributed by atoms with Gasteiger partial charge in [0.25, 0.3) is 0 Å². The highest BCUT2D eigenvalue weighted by atomic mass is 19.4. The zero-order valence-corrected chi connectivity index (χ0v) is 26.1. The zero-order chi connectivity index (χ0) is 37.2. The molecule has 18 heteroatoms. The van der Waals surface area contributed by atoms with Crippen LogP contribution in [-0.4, -0.2) is 61.0 Å². The molecule has 1 atom stereocenters. The smallest absolute Gasteiger partial charge is 0.490 e. The first-order valence-electron chi connectivity index (χ1n) is 14.4. The largest absolute Gasteiger partial charge is 0.491 e. The molecule has 0 radical (unpaired) electrons. The number of nitrogens with zero attached hydrogens (tertiary/aromatic N) is 3. The number of aliphatic carboxylic acids is 2. The van der Waals surface area contributed by atoms with E-state index in [2.05, 4.69) is 25.3 Å². The van der Waals surface area contributed by atoms with E-state index in [9.17, 15) is 26.3 Å². The number of pyridine rings is 2. The van der Waals surface area contributed by atoms with Gasteiger partial charge in [0.2, 0.25) is 0 Å². The molecule has 11 nitrogen and oxygen atoms in total. The summed E-state index contributed by atoms with van der Waals surface area (Å²) in [4.78, 5) is 34.1. The number of aromatic nitrogens is 4. The number of carboxylic acids is 2. The SMILES string of the molecule is CCOc1cc(CC)cc(C(Nc2ccc3c(N)nccc3c2)c2ncc(-c3cccnc3)[nH]2)c1F.O=C(O)C(F)(F)F.O=C(O)C(F)(F)F. The van der Waals surface area contributed by atoms with Crippen molar-refractivity contribution < 1.29 is 55.3 Å². The van der Waals surface area contributed by atoms with Gasteiger partial charge >= 0.3 is 24.3 Å². The van der Waals surface area contributed by atoms with Gasteiger partial charge in [-0.2, -0.15) is 26.3 Å². The van der Waals surface area contributed by atoms with E-state index in [-0.39, 0.29) is 5.75 Å². The molecule has 5 aromatic rings. The summed E-state index contributed by atoms with van der Waals surface area (Å²) in [5.74, 6) is -4.67. The zero-order valence-electron chi connectivity index (χ0n) is 26.1. The Labute approximate surface area is 279 Å². The summed E-state index contributed by atoms with van der Waals surface area (Å²) in [6, 6.07) is 14.5. The third-order valence-electron chi connectivity index (χ3n) is 6.58. The van der Waals surface area contributed by atoms with E-state index in [0.717, 1.165) is 39.7 Å². The van der Waals surface area contributed by atoms with Gasteiger partial charge in [0.05, 0.1) is 18.5 Å². The van der Waals surface area contributed by atoms with Gasteiger partial charge in [-0.3, -0.25) is 4.98 Å². The Kier molecular flexibility index (Phi) is 12.7.